The first-order valence-electron chi connectivity index (χ1n) is 9.01. The van der Waals surface area contributed by atoms with E-state index in [4.69, 9.17) is 4.74 Å². The monoisotopic (exact) mass is 392 g/mol. The maximum absolute atomic E-state index is 14.1. The number of hydrogen-bond donors (Lipinski definition) is 1. The van der Waals surface area contributed by atoms with Crippen LogP contribution in [-0.2, 0) is 14.8 Å². The van der Waals surface area contributed by atoms with Crippen molar-refractivity contribution >= 4 is 10.0 Å². The molecule has 0 bridgehead atoms. The number of benzene rings is 2. The summed E-state index contributed by atoms with van der Waals surface area (Å²) in [6, 6.07) is 12.0. The van der Waals surface area contributed by atoms with Gasteiger partial charge in [-0.3, -0.25) is 4.90 Å². The van der Waals surface area contributed by atoms with Crippen LogP contribution in [-0.4, -0.2) is 46.2 Å². The summed E-state index contributed by atoms with van der Waals surface area (Å²) in [5.41, 5.74) is 2.86. The first-order chi connectivity index (χ1) is 12.9. The lowest BCUT2D eigenvalue weighted by Gasteiger charge is -2.35. The lowest BCUT2D eigenvalue weighted by atomic mass is 10.0. The summed E-state index contributed by atoms with van der Waals surface area (Å²) in [5.74, 6) is -0.744. The van der Waals surface area contributed by atoms with Crippen molar-refractivity contribution in [1.29, 1.82) is 0 Å². The van der Waals surface area contributed by atoms with Crippen molar-refractivity contribution in [2.75, 3.05) is 32.8 Å². The second kappa shape index (κ2) is 8.48. The molecular weight excluding hydrogens is 367 g/mol. The standard InChI is InChI=1S/C20H25FN2O3S/c1-15-3-6-17(7-4-15)19(23-9-11-26-12-10-23)14-22-27(24,25)20-13-16(2)5-8-18(20)21/h3-8,13,19,22H,9-12,14H2,1-2H3. The van der Waals surface area contributed by atoms with Crippen molar-refractivity contribution in [3.05, 3.63) is 65.0 Å². The molecule has 1 atom stereocenters. The third kappa shape index (κ3) is 4.93. The van der Waals surface area contributed by atoms with Crippen LogP contribution < -0.4 is 4.72 Å². The van der Waals surface area contributed by atoms with Crippen molar-refractivity contribution in [3.8, 4) is 0 Å². The molecule has 0 saturated carbocycles. The minimum absolute atomic E-state index is 0.142. The Kier molecular flexibility index (Phi) is 6.26. The summed E-state index contributed by atoms with van der Waals surface area (Å²) in [6.45, 7) is 6.58. The van der Waals surface area contributed by atoms with E-state index in [1.165, 1.54) is 12.1 Å². The number of morpholine rings is 1. The first-order valence-corrected chi connectivity index (χ1v) is 10.5. The Morgan fingerprint density at radius 2 is 1.70 bits per heavy atom. The first kappa shape index (κ1) is 19.9. The third-order valence-corrected chi connectivity index (χ3v) is 6.23. The number of sulfonamides is 1. The van der Waals surface area contributed by atoms with Gasteiger partial charge in [0.15, 0.2) is 0 Å². The highest BCUT2D eigenvalue weighted by Crippen LogP contribution is 2.23. The van der Waals surface area contributed by atoms with E-state index in [-0.39, 0.29) is 17.5 Å². The SMILES string of the molecule is Cc1ccc(C(CNS(=O)(=O)c2cc(C)ccc2F)N2CCOCC2)cc1. The second-order valence-electron chi connectivity index (χ2n) is 6.86. The Labute approximate surface area is 160 Å². The van der Waals surface area contributed by atoms with Gasteiger partial charge in [0.25, 0.3) is 0 Å². The van der Waals surface area contributed by atoms with Crippen LogP contribution in [0.5, 0.6) is 0 Å². The minimum atomic E-state index is -3.95. The topological polar surface area (TPSA) is 58.6 Å². The number of nitrogens with zero attached hydrogens (tertiary/aromatic N) is 1. The summed E-state index contributed by atoms with van der Waals surface area (Å²) < 4.78 is 47.5. The molecule has 2 aromatic rings. The van der Waals surface area contributed by atoms with E-state index in [1.807, 2.05) is 31.2 Å². The summed E-state index contributed by atoms with van der Waals surface area (Å²) in [5, 5.41) is 0. The smallest absolute Gasteiger partial charge is 0.243 e. The Bertz CT molecular complexity index is 879. The fourth-order valence-electron chi connectivity index (χ4n) is 3.22. The minimum Gasteiger partial charge on any atom is -0.379 e. The number of rotatable bonds is 6. The van der Waals surface area contributed by atoms with Gasteiger partial charge < -0.3 is 4.74 Å². The maximum atomic E-state index is 14.1. The van der Waals surface area contributed by atoms with Gasteiger partial charge in [0.05, 0.1) is 13.2 Å². The number of ether oxygens (including phenoxy) is 1. The molecule has 1 aliphatic heterocycles. The summed E-state index contributed by atoms with van der Waals surface area (Å²) in [7, 11) is -3.95. The molecule has 1 N–H and O–H groups in total. The molecule has 1 fully saturated rings. The van der Waals surface area contributed by atoms with Gasteiger partial charge in [-0.15, -0.1) is 0 Å². The predicted octanol–water partition coefficient (Wildman–Crippen LogP) is 2.79. The molecular formula is C20H25FN2O3S. The van der Waals surface area contributed by atoms with Gasteiger partial charge in [-0.2, -0.15) is 0 Å². The molecule has 7 heteroatoms. The highest BCUT2D eigenvalue weighted by atomic mass is 32.2. The third-order valence-electron chi connectivity index (χ3n) is 4.79. The van der Waals surface area contributed by atoms with Gasteiger partial charge in [0.1, 0.15) is 10.7 Å². The largest absolute Gasteiger partial charge is 0.379 e. The van der Waals surface area contributed by atoms with Crippen LogP contribution in [0.15, 0.2) is 47.4 Å². The molecule has 0 aliphatic carbocycles. The Balaban J connectivity index is 1.83. The Morgan fingerprint density at radius 1 is 1.07 bits per heavy atom. The van der Waals surface area contributed by atoms with Crippen LogP contribution >= 0.6 is 0 Å². The zero-order valence-corrected chi connectivity index (χ0v) is 16.4. The van der Waals surface area contributed by atoms with Crippen LogP contribution in [0.25, 0.3) is 0 Å². The zero-order chi connectivity index (χ0) is 19.4. The van der Waals surface area contributed by atoms with E-state index >= 15 is 0 Å². The van der Waals surface area contributed by atoms with Gasteiger partial charge in [-0.25, -0.2) is 17.5 Å². The lowest BCUT2D eigenvalue weighted by molar-refractivity contribution is 0.0172. The maximum Gasteiger partial charge on any atom is 0.243 e. The lowest BCUT2D eigenvalue weighted by Crippen LogP contribution is -2.43. The molecule has 2 aromatic carbocycles. The average molecular weight is 392 g/mol. The summed E-state index contributed by atoms with van der Waals surface area (Å²) in [4.78, 5) is 1.88. The molecule has 0 amide bonds. The highest BCUT2D eigenvalue weighted by molar-refractivity contribution is 7.89. The van der Waals surface area contributed by atoms with Crippen LogP contribution in [0.3, 0.4) is 0 Å². The number of aryl methyl sites for hydroxylation is 2. The van der Waals surface area contributed by atoms with Crippen LogP contribution in [0, 0.1) is 19.7 Å². The van der Waals surface area contributed by atoms with Gasteiger partial charge in [0, 0.05) is 25.7 Å². The van der Waals surface area contributed by atoms with Crippen molar-refractivity contribution < 1.29 is 17.5 Å². The quantitative estimate of drug-likeness (QED) is 0.821. The second-order valence-corrected chi connectivity index (χ2v) is 8.60. The fraction of sp³-hybridized carbons (Fsp3) is 0.400. The fourth-order valence-corrected chi connectivity index (χ4v) is 4.42. The van der Waals surface area contributed by atoms with E-state index in [1.54, 1.807) is 13.0 Å². The van der Waals surface area contributed by atoms with Crippen molar-refractivity contribution in [2.24, 2.45) is 0 Å². The Morgan fingerprint density at radius 3 is 2.37 bits per heavy atom. The number of hydrogen-bond acceptors (Lipinski definition) is 4. The molecule has 0 radical (unpaired) electrons. The van der Waals surface area contributed by atoms with Crippen molar-refractivity contribution in [1.82, 2.24) is 9.62 Å². The predicted molar refractivity (Wildman–Crippen MR) is 103 cm³/mol. The van der Waals surface area contributed by atoms with Gasteiger partial charge in [-0.1, -0.05) is 35.9 Å². The van der Waals surface area contributed by atoms with Crippen LogP contribution in [0.4, 0.5) is 4.39 Å². The van der Waals surface area contributed by atoms with Gasteiger partial charge >= 0.3 is 0 Å². The van der Waals surface area contributed by atoms with E-state index in [9.17, 15) is 12.8 Å². The summed E-state index contributed by atoms with van der Waals surface area (Å²) >= 11 is 0. The van der Waals surface area contributed by atoms with Crippen LogP contribution in [0.2, 0.25) is 0 Å². The molecule has 0 spiro atoms. The highest BCUT2D eigenvalue weighted by Gasteiger charge is 2.26. The molecule has 0 aromatic heterocycles. The molecule has 1 heterocycles. The molecule has 27 heavy (non-hydrogen) atoms. The molecule has 5 nitrogen and oxygen atoms in total. The number of halogens is 1. The van der Waals surface area contributed by atoms with E-state index in [0.29, 0.717) is 18.8 Å². The van der Waals surface area contributed by atoms with E-state index < -0.39 is 15.8 Å². The van der Waals surface area contributed by atoms with E-state index in [2.05, 4.69) is 9.62 Å². The van der Waals surface area contributed by atoms with Gasteiger partial charge in [0.2, 0.25) is 10.0 Å². The van der Waals surface area contributed by atoms with Crippen molar-refractivity contribution in [2.45, 2.75) is 24.8 Å². The van der Waals surface area contributed by atoms with Crippen molar-refractivity contribution in [3.63, 3.8) is 0 Å². The normalized spacial score (nSPS) is 17.0. The number of nitrogens with one attached hydrogen (secondary N) is 1. The molecule has 1 unspecified atom stereocenters. The van der Waals surface area contributed by atoms with Gasteiger partial charge in [-0.05, 0) is 37.1 Å². The van der Waals surface area contributed by atoms with Crippen LogP contribution in [0.1, 0.15) is 22.7 Å². The average Bonchev–Trinajstić information content (AvgIpc) is 2.66. The molecule has 146 valence electrons. The summed E-state index contributed by atoms with van der Waals surface area (Å²) in [6.07, 6.45) is 0. The molecule has 3 rings (SSSR count). The molecule has 1 saturated heterocycles. The molecule has 1 aliphatic rings. The van der Waals surface area contributed by atoms with E-state index in [0.717, 1.165) is 24.2 Å². The Hall–Kier alpha value is -1.80. The zero-order valence-electron chi connectivity index (χ0n) is 15.6.